The third-order valence-electron chi connectivity index (χ3n) is 9.10. The molecule has 7 rings (SSSR count). The number of nitrogens with one attached hydrogen (secondary N) is 2. The Morgan fingerprint density at radius 3 is 2.66 bits per heavy atom. The molecule has 2 aromatic heterocycles. The number of carbonyl (C=O) groups is 2. The minimum atomic E-state index is -0.768. The summed E-state index contributed by atoms with van der Waals surface area (Å²) in [7, 11) is 0. The molecule has 2 N–H and O–H groups in total. The number of nitrogens with zero attached hydrogens (tertiary/aromatic N) is 7. The molecule has 13 heteroatoms. The summed E-state index contributed by atoms with van der Waals surface area (Å²) in [5.41, 5.74) is 3.82. The molecule has 2 aliphatic heterocycles. The molecule has 0 bridgehead atoms. The molecular weight excluding hydrogens is 621 g/mol. The zero-order valence-corrected chi connectivity index (χ0v) is 26.2. The number of hydrogen-bond acceptors (Lipinski definition) is 8. The van der Waals surface area contributed by atoms with Crippen molar-refractivity contribution in [2.75, 3.05) is 32.7 Å². The van der Waals surface area contributed by atoms with Gasteiger partial charge in [0.1, 0.15) is 12.1 Å². The van der Waals surface area contributed by atoms with Crippen molar-refractivity contribution in [3.8, 4) is 5.69 Å². The second kappa shape index (κ2) is 13.5. The lowest BCUT2D eigenvalue weighted by Crippen LogP contribution is -2.61. The number of ketones is 1. The number of hydrogen-bond donors (Lipinski definition) is 2. The molecule has 0 unspecified atom stereocenters. The van der Waals surface area contributed by atoms with Crippen LogP contribution < -0.4 is 5.32 Å². The Kier molecular flexibility index (Phi) is 8.88. The van der Waals surface area contributed by atoms with Gasteiger partial charge in [0.25, 0.3) is 0 Å². The quantitative estimate of drug-likeness (QED) is 0.242. The number of amides is 1. The third kappa shape index (κ3) is 6.71. The van der Waals surface area contributed by atoms with Crippen molar-refractivity contribution >= 4 is 40.3 Å². The molecule has 0 aliphatic carbocycles. The summed E-state index contributed by atoms with van der Waals surface area (Å²) in [5, 5.41) is 23.3. The first kappa shape index (κ1) is 30.9. The summed E-state index contributed by atoms with van der Waals surface area (Å²) in [6.07, 6.45) is 7.15. The van der Waals surface area contributed by atoms with E-state index in [4.69, 9.17) is 11.6 Å². The van der Waals surface area contributed by atoms with E-state index < -0.39 is 6.04 Å². The topological polar surface area (TPSA) is 125 Å². The second-order valence-corrected chi connectivity index (χ2v) is 12.4. The number of likely N-dealkylation sites (tertiary alicyclic amines) is 1. The summed E-state index contributed by atoms with van der Waals surface area (Å²) < 4.78 is 15.6. The lowest BCUT2D eigenvalue weighted by Gasteiger charge is -2.48. The first-order valence-electron chi connectivity index (χ1n) is 15.6. The number of H-pyrrole nitrogens is 1. The molecule has 47 heavy (non-hydrogen) atoms. The highest BCUT2D eigenvalue weighted by molar-refractivity contribution is 6.30. The van der Waals surface area contributed by atoms with Gasteiger partial charge < -0.3 is 10.2 Å². The van der Waals surface area contributed by atoms with Gasteiger partial charge in [-0.05, 0) is 76.5 Å². The zero-order chi connectivity index (χ0) is 32.3. The Morgan fingerprint density at radius 1 is 1.04 bits per heavy atom. The van der Waals surface area contributed by atoms with Gasteiger partial charge in [0.05, 0.1) is 23.4 Å². The number of aromatic nitrogens is 6. The molecule has 0 radical (unpaired) electrons. The van der Waals surface area contributed by atoms with E-state index in [1.165, 1.54) is 29.2 Å². The molecule has 0 spiro atoms. The van der Waals surface area contributed by atoms with Gasteiger partial charge in [-0.15, -0.1) is 5.10 Å². The Morgan fingerprint density at radius 2 is 1.87 bits per heavy atom. The number of piperazine rings is 1. The summed E-state index contributed by atoms with van der Waals surface area (Å²) >= 11 is 6.34. The molecule has 2 aliphatic rings. The van der Waals surface area contributed by atoms with E-state index in [-0.39, 0.29) is 35.9 Å². The van der Waals surface area contributed by atoms with Crippen LogP contribution in [-0.4, -0.2) is 96.7 Å². The van der Waals surface area contributed by atoms with Crippen LogP contribution in [0, 0.1) is 5.82 Å². The van der Waals surface area contributed by atoms with Gasteiger partial charge in [-0.2, -0.15) is 9.78 Å². The van der Waals surface area contributed by atoms with Gasteiger partial charge in [0, 0.05) is 73.2 Å². The highest BCUT2D eigenvalue weighted by atomic mass is 35.5. The van der Waals surface area contributed by atoms with Gasteiger partial charge in [-0.3, -0.25) is 19.6 Å². The van der Waals surface area contributed by atoms with E-state index in [0.29, 0.717) is 29.2 Å². The number of halogens is 2. The monoisotopic (exact) mass is 653 g/mol. The summed E-state index contributed by atoms with van der Waals surface area (Å²) in [6, 6.07) is 16.6. The lowest BCUT2D eigenvalue weighted by atomic mass is 9.78. The summed E-state index contributed by atoms with van der Waals surface area (Å²) in [5.74, 6) is -1.08. The van der Waals surface area contributed by atoms with Crippen LogP contribution in [0.4, 0.5) is 4.39 Å². The normalized spacial score (nSPS) is 20.6. The number of fused-ring (bicyclic) bond motifs is 1. The maximum atomic E-state index is 14.4. The number of piperidine rings is 1. The van der Waals surface area contributed by atoms with E-state index in [1.807, 2.05) is 18.2 Å². The Hall–Kier alpha value is -4.78. The van der Waals surface area contributed by atoms with E-state index in [0.717, 1.165) is 48.2 Å². The first-order chi connectivity index (χ1) is 22.9. The maximum absolute atomic E-state index is 14.4. The molecule has 2 fully saturated rings. The van der Waals surface area contributed by atoms with Crippen LogP contribution in [0.1, 0.15) is 29.0 Å². The Labute approximate surface area is 275 Å². The predicted octanol–water partition coefficient (Wildman–Crippen LogP) is 3.81. The van der Waals surface area contributed by atoms with Gasteiger partial charge in [-0.25, -0.2) is 4.39 Å². The number of Topliss-reactive ketones (excluding diaryl/α,β-unsaturated/α-hetero) is 1. The van der Waals surface area contributed by atoms with Gasteiger partial charge in [0.2, 0.25) is 5.91 Å². The second-order valence-electron chi connectivity index (χ2n) is 12.0. The maximum Gasteiger partial charge on any atom is 0.247 e. The van der Waals surface area contributed by atoms with Crippen molar-refractivity contribution < 1.29 is 14.0 Å². The molecule has 240 valence electrons. The highest BCUT2D eigenvalue weighted by Gasteiger charge is 2.44. The fourth-order valence-corrected chi connectivity index (χ4v) is 7.00. The lowest BCUT2D eigenvalue weighted by molar-refractivity contribution is -0.140. The average Bonchev–Trinajstić information content (AvgIpc) is 3.80. The minimum Gasteiger partial charge on any atom is -0.327 e. The van der Waals surface area contributed by atoms with E-state index >= 15 is 0 Å². The average molecular weight is 654 g/mol. The van der Waals surface area contributed by atoms with Crippen LogP contribution in [-0.2, 0) is 16.0 Å². The summed E-state index contributed by atoms with van der Waals surface area (Å²) in [4.78, 5) is 32.9. The van der Waals surface area contributed by atoms with Crippen molar-refractivity contribution in [1.82, 2.24) is 45.5 Å². The van der Waals surface area contributed by atoms with Crippen LogP contribution in [0.25, 0.3) is 22.7 Å². The first-order valence-corrected chi connectivity index (χ1v) is 16.0. The fraction of sp³-hybridized carbons (Fsp3) is 0.294. The standard InChI is InChI=1S/C34H33ClFN9O2/c35-26-5-9-31(45-21-39-41-42-45)24(17-26)4-10-33(47)44-20-28(43-13-11-37-12-14-43)18-29(23-2-6-27(36)7-3-23)34(44)32(46)16-22-1-8-30-25(15-22)19-38-40-30/h1-10,15,17,19,21,28-29,34,37H,11-14,16,18,20H2,(H,38,40)/b10-4+/t28-,29-,34-/m1/s1. The van der Waals surface area contributed by atoms with Crippen molar-refractivity contribution in [3.05, 3.63) is 107 Å². The Bertz CT molecular complexity index is 1900. The van der Waals surface area contributed by atoms with Crippen molar-refractivity contribution in [2.24, 2.45) is 0 Å². The number of carbonyl (C=O) groups excluding carboxylic acids is 2. The van der Waals surface area contributed by atoms with Gasteiger partial charge >= 0.3 is 0 Å². The molecule has 3 atom stereocenters. The molecule has 1 amide bonds. The fourth-order valence-electron chi connectivity index (χ4n) is 6.82. The molecule has 3 aromatic carbocycles. The molecule has 11 nitrogen and oxygen atoms in total. The number of aromatic amines is 1. The summed E-state index contributed by atoms with van der Waals surface area (Å²) in [6.45, 7) is 3.74. The van der Waals surface area contributed by atoms with E-state index in [9.17, 15) is 14.0 Å². The van der Waals surface area contributed by atoms with Crippen molar-refractivity contribution in [3.63, 3.8) is 0 Å². The SMILES string of the molecule is O=C(Cc1ccc2[nH]ncc2c1)[C@H]1[C@@H](c2ccc(F)cc2)C[C@@H](N2CCNCC2)CN1C(=O)/C=C/c1cc(Cl)ccc1-n1cnnn1. The number of rotatable bonds is 8. The highest BCUT2D eigenvalue weighted by Crippen LogP contribution is 2.37. The van der Waals surface area contributed by atoms with Gasteiger partial charge in [0.15, 0.2) is 5.78 Å². The molecule has 4 heterocycles. The van der Waals surface area contributed by atoms with Crippen LogP contribution in [0.5, 0.6) is 0 Å². The van der Waals surface area contributed by atoms with Crippen LogP contribution in [0.15, 0.2) is 79.3 Å². The molecular formula is C34H33ClFN9O2. The predicted molar refractivity (Wildman–Crippen MR) is 175 cm³/mol. The van der Waals surface area contributed by atoms with E-state index in [2.05, 4.69) is 35.9 Å². The number of benzene rings is 3. The molecule has 2 saturated heterocycles. The van der Waals surface area contributed by atoms with Crippen molar-refractivity contribution in [1.29, 1.82) is 0 Å². The van der Waals surface area contributed by atoms with Crippen LogP contribution in [0.2, 0.25) is 5.02 Å². The third-order valence-corrected chi connectivity index (χ3v) is 9.34. The molecule has 5 aromatic rings. The number of tetrazole rings is 1. The molecule has 0 saturated carbocycles. The van der Waals surface area contributed by atoms with Crippen molar-refractivity contribution in [2.45, 2.75) is 30.8 Å². The van der Waals surface area contributed by atoms with Gasteiger partial charge in [-0.1, -0.05) is 29.8 Å². The largest absolute Gasteiger partial charge is 0.327 e. The zero-order valence-electron chi connectivity index (χ0n) is 25.5. The Balaban J connectivity index is 1.26. The minimum absolute atomic E-state index is 0.0128. The van der Waals surface area contributed by atoms with Crippen LogP contribution in [0.3, 0.4) is 0 Å². The smallest absolute Gasteiger partial charge is 0.247 e. The van der Waals surface area contributed by atoms with Crippen LogP contribution >= 0.6 is 11.6 Å². The van der Waals surface area contributed by atoms with E-state index in [1.54, 1.807) is 47.5 Å².